The van der Waals surface area contributed by atoms with Crippen LogP contribution in [0.5, 0.6) is 0 Å². The largest absolute Gasteiger partial charge is 0.392 e. The SMILES string of the molecule is C[C@@H](O)CN[C@H]1C[C@@H]2CC[C@@H]1C2. The molecule has 2 aliphatic carbocycles. The molecule has 2 fully saturated rings. The van der Waals surface area contributed by atoms with Crippen LogP contribution in [-0.2, 0) is 0 Å². The minimum atomic E-state index is -0.191. The van der Waals surface area contributed by atoms with E-state index in [1.807, 2.05) is 6.92 Å². The maximum atomic E-state index is 9.12. The molecule has 12 heavy (non-hydrogen) atoms. The molecule has 2 heteroatoms. The van der Waals surface area contributed by atoms with Crippen molar-refractivity contribution in [2.75, 3.05) is 6.54 Å². The van der Waals surface area contributed by atoms with Gasteiger partial charge in [-0.15, -0.1) is 0 Å². The van der Waals surface area contributed by atoms with E-state index in [4.69, 9.17) is 5.11 Å². The van der Waals surface area contributed by atoms with Gasteiger partial charge in [0.05, 0.1) is 6.10 Å². The van der Waals surface area contributed by atoms with Crippen molar-refractivity contribution in [3.05, 3.63) is 0 Å². The third-order valence-electron chi connectivity index (χ3n) is 3.41. The normalized spacial score (nSPS) is 42.0. The summed E-state index contributed by atoms with van der Waals surface area (Å²) >= 11 is 0. The van der Waals surface area contributed by atoms with Gasteiger partial charge in [-0.05, 0) is 38.0 Å². The van der Waals surface area contributed by atoms with E-state index in [1.54, 1.807) is 0 Å². The highest BCUT2D eigenvalue weighted by atomic mass is 16.3. The van der Waals surface area contributed by atoms with Crippen LogP contribution in [0.4, 0.5) is 0 Å². The van der Waals surface area contributed by atoms with Crippen molar-refractivity contribution in [2.24, 2.45) is 11.8 Å². The second-order valence-electron chi connectivity index (χ2n) is 4.54. The summed E-state index contributed by atoms with van der Waals surface area (Å²) in [6, 6.07) is 0.721. The molecule has 0 heterocycles. The van der Waals surface area contributed by atoms with Crippen molar-refractivity contribution >= 4 is 0 Å². The first-order chi connectivity index (χ1) is 5.75. The highest BCUT2D eigenvalue weighted by molar-refractivity contribution is 4.94. The highest BCUT2D eigenvalue weighted by Gasteiger charge is 2.38. The van der Waals surface area contributed by atoms with E-state index in [0.717, 1.165) is 24.4 Å². The molecule has 0 unspecified atom stereocenters. The maximum Gasteiger partial charge on any atom is 0.0636 e. The number of rotatable bonds is 3. The standard InChI is InChI=1S/C10H19NO/c1-7(12)6-11-10-5-8-2-3-9(10)4-8/h7-12H,2-6H2,1H3/t7-,8-,9-,10+/m1/s1. The number of aliphatic hydroxyl groups excluding tert-OH is 1. The lowest BCUT2D eigenvalue weighted by Gasteiger charge is -2.23. The molecule has 0 amide bonds. The second kappa shape index (κ2) is 3.35. The summed E-state index contributed by atoms with van der Waals surface area (Å²) in [5.74, 6) is 1.93. The maximum absolute atomic E-state index is 9.12. The van der Waals surface area contributed by atoms with Crippen LogP contribution in [0.1, 0.15) is 32.6 Å². The Balaban J connectivity index is 1.76. The number of fused-ring (bicyclic) bond motifs is 2. The topological polar surface area (TPSA) is 32.3 Å². The summed E-state index contributed by atoms with van der Waals surface area (Å²) < 4.78 is 0. The first-order valence-corrected chi connectivity index (χ1v) is 5.17. The fourth-order valence-electron chi connectivity index (χ4n) is 2.82. The Bertz CT molecular complexity index is 158. The summed E-state index contributed by atoms with van der Waals surface area (Å²) in [5.41, 5.74) is 0. The lowest BCUT2D eigenvalue weighted by atomic mass is 9.95. The first kappa shape index (κ1) is 8.52. The smallest absolute Gasteiger partial charge is 0.0636 e. The lowest BCUT2D eigenvalue weighted by Crippen LogP contribution is -2.38. The molecule has 2 nitrogen and oxygen atoms in total. The van der Waals surface area contributed by atoms with Crippen molar-refractivity contribution in [3.8, 4) is 0 Å². The monoisotopic (exact) mass is 169 g/mol. The predicted molar refractivity (Wildman–Crippen MR) is 48.9 cm³/mol. The van der Waals surface area contributed by atoms with E-state index < -0.39 is 0 Å². The summed E-state index contributed by atoms with van der Waals surface area (Å²) in [5, 5.41) is 12.6. The van der Waals surface area contributed by atoms with Gasteiger partial charge in [0.2, 0.25) is 0 Å². The Kier molecular flexibility index (Phi) is 2.37. The van der Waals surface area contributed by atoms with Crippen LogP contribution in [-0.4, -0.2) is 23.8 Å². The molecule has 2 bridgehead atoms. The highest BCUT2D eigenvalue weighted by Crippen LogP contribution is 2.44. The molecule has 2 saturated carbocycles. The second-order valence-corrected chi connectivity index (χ2v) is 4.54. The van der Waals surface area contributed by atoms with Crippen molar-refractivity contribution in [2.45, 2.75) is 44.8 Å². The Morgan fingerprint density at radius 2 is 2.25 bits per heavy atom. The molecule has 0 saturated heterocycles. The molecule has 2 aliphatic rings. The van der Waals surface area contributed by atoms with E-state index in [-0.39, 0.29) is 6.10 Å². The molecular weight excluding hydrogens is 150 g/mol. The van der Waals surface area contributed by atoms with Crippen molar-refractivity contribution in [1.82, 2.24) is 5.32 Å². The molecule has 0 radical (unpaired) electrons. The van der Waals surface area contributed by atoms with Crippen LogP contribution in [0, 0.1) is 11.8 Å². The molecule has 0 spiro atoms. The average Bonchev–Trinajstić information content (AvgIpc) is 2.60. The summed E-state index contributed by atoms with van der Waals surface area (Å²) in [6.07, 6.45) is 5.48. The zero-order chi connectivity index (χ0) is 8.55. The van der Waals surface area contributed by atoms with Crippen LogP contribution < -0.4 is 5.32 Å². The Morgan fingerprint density at radius 3 is 2.75 bits per heavy atom. The molecular formula is C10H19NO. The minimum absolute atomic E-state index is 0.191. The van der Waals surface area contributed by atoms with Crippen LogP contribution in [0.3, 0.4) is 0 Å². The van der Waals surface area contributed by atoms with Crippen molar-refractivity contribution in [3.63, 3.8) is 0 Å². The summed E-state index contributed by atoms with van der Waals surface area (Å²) in [6.45, 7) is 2.62. The third-order valence-corrected chi connectivity index (χ3v) is 3.41. The van der Waals surface area contributed by atoms with E-state index in [1.165, 1.54) is 25.7 Å². The zero-order valence-electron chi connectivity index (χ0n) is 7.79. The Hall–Kier alpha value is -0.0800. The van der Waals surface area contributed by atoms with Gasteiger partial charge < -0.3 is 10.4 Å². The third kappa shape index (κ3) is 1.64. The van der Waals surface area contributed by atoms with E-state index in [9.17, 15) is 0 Å². The number of nitrogens with one attached hydrogen (secondary N) is 1. The van der Waals surface area contributed by atoms with E-state index in [2.05, 4.69) is 5.32 Å². The quantitative estimate of drug-likeness (QED) is 0.664. The Labute approximate surface area is 74.4 Å². The fraction of sp³-hybridized carbons (Fsp3) is 1.00. The van der Waals surface area contributed by atoms with Gasteiger partial charge in [0.15, 0.2) is 0 Å². The van der Waals surface area contributed by atoms with Crippen LogP contribution in [0.25, 0.3) is 0 Å². The molecule has 2 N–H and O–H groups in total. The van der Waals surface area contributed by atoms with Gasteiger partial charge >= 0.3 is 0 Å². The van der Waals surface area contributed by atoms with Gasteiger partial charge in [-0.25, -0.2) is 0 Å². The predicted octanol–water partition coefficient (Wildman–Crippen LogP) is 1.15. The molecule has 0 aliphatic heterocycles. The number of hydrogen-bond donors (Lipinski definition) is 2. The molecule has 0 aromatic rings. The first-order valence-electron chi connectivity index (χ1n) is 5.17. The van der Waals surface area contributed by atoms with Crippen molar-refractivity contribution in [1.29, 1.82) is 0 Å². The molecule has 4 atom stereocenters. The summed E-state index contributed by atoms with van der Waals surface area (Å²) in [4.78, 5) is 0. The zero-order valence-corrected chi connectivity index (χ0v) is 7.79. The van der Waals surface area contributed by atoms with Crippen molar-refractivity contribution < 1.29 is 5.11 Å². The average molecular weight is 169 g/mol. The fourth-order valence-corrected chi connectivity index (χ4v) is 2.82. The van der Waals surface area contributed by atoms with Crippen LogP contribution in [0.2, 0.25) is 0 Å². The van der Waals surface area contributed by atoms with Gasteiger partial charge in [-0.2, -0.15) is 0 Å². The van der Waals surface area contributed by atoms with Gasteiger partial charge in [0, 0.05) is 12.6 Å². The lowest BCUT2D eigenvalue weighted by molar-refractivity contribution is 0.179. The molecule has 2 rings (SSSR count). The van der Waals surface area contributed by atoms with Gasteiger partial charge in [0.1, 0.15) is 0 Å². The summed E-state index contributed by atoms with van der Waals surface area (Å²) in [7, 11) is 0. The minimum Gasteiger partial charge on any atom is -0.392 e. The molecule has 0 aromatic carbocycles. The number of hydrogen-bond acceptors (Lipinski definition) is 2. The van der Waals surface area contributed by atoms with Crippen LogP contribution in [0.15, 0.2) is 0 Å². The Morgan fingerprint density at radius 1 is 1.42 bits per heavy atom. The molecule has 0 aromatic heterocycles. The molecule has 70 valence electrons. The number of aliphatic hydroxyl groups is 1. The van der Waals surface area contributed by atoms with Gasteiger partial charge in [-0.3, -0.25) is 0 Å². The van der Waals surface area contributed by atoms with Gasteiger partial charge in [-0.1, -0.05) is 6.42 Å². The van der Waals surface area contributed by atoms with Crippen LogP contribution >= 0.6 is 0 Å². The van der Waals surface area contributed by atoms with Gasteiger partial charge in [0.25, 0.3) is 0 Å². The van der Waals surface area contributed by atoms with E-state index >= 15 is 0 Å². The van der Waals surface area contributed by atoms with E-state index in [0.29, 0.717) is 0 Å².